The molecule has 2 aromatic carbocycles. The van der Waals surface area contributed by atoms with Gasteiger partial charge in [-0.05, 0) is 55.8 Å². The molecular weight excluding hydrogens is 476 g/mol. The molecule has 196 valence electrons. The number of fused-ring (bicyclic) bond motifs is 1. The highest BCUT2D eigenvalue weighted by Crippen LogP contribution is 2.28. The summed E-state index contributed by atoms with van der Waals surface area (Å²) in [6, 6.07) is 16.3. The second-order valence-corrected chi connectivity index (χ2v) is 9.68. The molecule has 3 heterocycles. The van der Waals surface area contributed by atoms with Crippen molar-refractivity contribution in [1.29, 1.82) is 0 Å². The summed E-state index contributed by atoms with van der Waals surface area (Å²) in [5.41, 5.74) is 5.97. The number of carbonyl (C=O) groups excluding carboxylic acids is 1. The van der Waals surface area contributed by atoms with E-state index in [-0.39, 0.29) is 5.91 Å². The predicted molar refractivity (Wildman–Crippen MR) is 152 cm³/mol. The van der Waals surface area contributed by atoms with Crippen LogP contribution in [0.2, 0.25) is 0 Å². The van der Waals surface area contributed by atoms with Crippen LogP contribution in [0.4, 0.5) is 11.4 Å². The van der Waals surface area contributed by atoms with Crippen molar-refractivity contribution < 1.29 is 9.53 Å². The summed E-state index contributed by atoms with van der Waals surface area (Å²) >= 11 is 0. The molecule has 1 amide bonds. The molecule has 8 heteroatoms. The van der Waals surface area contributed by atoms with Crippen LogP contribution >= 0.6 is 0 Å². The lowest BCUT2D eigenvalue weighted by Crippen LogP contribution is -2.44. The van der Waals surface area contributed by atoms with Gasteiger partial charge >= 0.3 is 0 Å². The second kappa shape index (κ2) is 11.5. The maximum Gasteiger partial charge on any atom is 0.247 e. The summed E-state index contributed by atoms with van der Waals surface area (Å²) in [4.78, 5) is 29.5. The highest BCUT2D eigenvalue weighted by molar-refractivity contribution is 5.98. The fourth-order valence-corrected chi connectivity index (χ4v) is 4.90. The standard InChI is InChI=1S/C30H34N6O2/c1-4-29(37)32-23-7-5-6-21(18-23)8-11-26-25-12-13-31-30(25)34-28(33-26)19-22-9-10-24(20-27(22)38-3)36-16-14-35(2)15-17-36/h4-7,9-10,12-13,18,20H,1,8,11,14-17,19H2,2-3H3,(H,32,37)(H,31,33,34). The first-order valence-electron chi connectivity index (χ1n) is 13.0. The van der Waals surface area contributed by atoms with Crippen LogP contribution in [-0.4, -0.2) is 66.1 Å². The molecule has 0 unspecified atom stereocenters. The Hall–Kier alpha value is -4.17. The number of aromatic nitrogens is 3. The summed E-state index contributed by atoms with van der Waals surface area (Å²) in [6.07, 6.45) is 5.30. The van der Waals surface area contributed by atoms with E-state index in [1.807, 2.05) is 30.5 Å². The highest BCUT2D eigenvalue weighted by atomic mass is 16.5. The lowest BCUT2D eigenvalue weighted by atomic mass is 10.0. The smallest absolute Gasteiger partial charge is 0.247 e. The van der Waals surface area contributed by atoms with E-state index >= 15 is 0 Å². The second-order valence-electron chi connectivity index (χ2n) is 9.68. The number of aryl methyl sites for hydroxylation is 2. The van der Waals surface area contributed by atoms with Crippen molar-refractivity contribution in [2.45, 2.75) is 19.3 Å². The van der Waals surface area contributed by atoms with Gasteiger partial charge in [0.05, 0.1) is 12.8 Å². The van der Waals surface area contributed by atoms with Crippen molar-refractivity contribution in [2.24, 2.45) is 0 Å². The number of nitrogens with one attached hydrogen (secondary N) is 2. The van der Waals surface area contributed by atoms with Crippen LogP contribution in [0.1, 0.15) is 22.6 Å². The number of H-pyrrole nitrogens is 1. The summed E-state index contributed by atoms with van der Waals surface area (Å²) < 4.78 is 5.79. The van der Waals surface area contributed by atoms with Gasteiger partial charge in [0.25, 0.3) is 0 Å². The number of rotatable bonds is 9. The molecule has 5 rings (SSSR count). The molecule has 38 heavy (non-hydrogen) atoms. The molecule has 0 aliphatic carbocycles. The van der Waals surface area contributed by atoms with E-state index in [1.165, 1.54) is 11.8 Å². The number of nitrogens with zero attached hydrogens (tertiary/aromatic N) is 4. The first kappa shape index (κ1) is 25.5. The molecule has 0 bridgehead atoms. The van der Waals surface area contributed by atoms with Crippen LogP contribution in [-0.2, 0) is 24.1 Å². The number of benzene rings is 2. The summed E-state index contributed by atoms with van der Waals surface area (Å²) in [7, 11) is 3.88. The van der Waals surface area contributed by atoms with Gasteiger partial charge < -0.3 is 24.8 Å². The SMILES string of the molecule is C=CC(=O)Nc1cccc(CCc2nc(Cc3ccc(N4CCN(C)CC4)cc3OC)nc3[nH]ccc23)c1. The Morgan fingerprint density at radius 3 is 2.74 bits per heavy atom. The van der Waals surface area contributed by atoms with Gasteiger partial charge in [-0.25, -0.2) is 9.97 Å². The number of amides is 1. The molecular formula is C30H34N6O2. The van der Waals surface area contributed by atoms with Gasteiger partial charge in [0.15, 0.2) is 0 Å². The molecule has 0 spiro atoms. The van der Waals surface area contributed by atoms with Crippen molar-refractivity contribution >= 4 is 28.3 Å². The van der Waals surface area contributed by atoms with Crippen molar-refractivity contribution in [3.05, 3.63) is 90.0 Å². The van der Waals surface area contributed by atoms with Gasteiger partial charge in [0.2, 0.25) is 5.91 Å². The van der Waals surface area contributed by atoms with Crippen LogP contribution in [0.25, 0.3) is 11.0 Å². The number of likely N-dealkylation sites (N-methyl/N-ethyl adjacent to an activating group) is 1. The zero-order valence-corrected chi connectivity index (χ0v) is 22.0. The van der Waals surface area contributed by atoms with Crippen LogP contribution in [0, 0.1) is 0 Å². The van der Waals surface area contributed by atoms with Crippen LogP contribution in [0.5, 0.6) is 5.75 Å². The maximum atomic E-state index is 11.7. The third kappa shape index (κ3) is 5.86. The van der Waals surface area contributed by atoms with Crippen molar-refractivity contribution in [2.75, 3.05) is 50.6 Å². The summed E-state index contributed by atoms with van der Waals surface area (Å²) in [6.45, 7) is 7.66. The van der Waals surface area contributed by atoms with E-state index in [0.29, 0.717) is 6.42 Å². The Labute approximate surface area is 223 Å². The minimum absolute atomic E-state index is 0.219. The Kier molecular flexibility index (Phi) is 7.70. The van der Waals surface area contributed by atoms with E-state index in [9.17, 15) is 4.79 Å². The molecule has 0 saturated carbocycles. The zero-order valence-electron chi connectivity index (χ0n) is 22.0. The third-order valence-electron chi connectivity index (χ3n) is 7.06. The lowest BCUT2D eigenvalue weighted by Gasteiger charge is -2.34. The maximum absolute atomic E-state index is 11.7. The molecule has 2 N–H and O–H groups in total. The molecule has 1 aliphatic rings. The number of methoxy groups -OCH3 is 1. The van der Waals surface area contributed by atoms with E-state index in [1.54, 1.807) is 7.11 Å². The molecule has 1 aliphatic heterocycles. The average Bonchev–Trinajstić information content (AvgIpc) is 3.41. The van der Waals surface area contributed by atoms with Crippen molar-refractivity contribution in [3.8, 4) is 5.75 Å². The monoisotopic (exact) mass is 510 g/mol. The quantitative estimate of drug-likeness (QED) is 0.328. The first-order chi connectivity index (χ1) is 18.5. The van der Waals surface area contributed by atoms with Crippen LogP contribution in [0.3, 0.4) is 0 Å². The molecule has 0 radical (unpaired) electrons. The Morgan fingerprint density at radius 1 is 1.11 bits per heavy atom. The van der Waals surface area contributed by atoms with Gasteiger partial charge in [0.1, 0.15) is 17.2 Å². The highest BCUT2D eigenvalue weighted by Gasteiger charge is 2.17. The minimum Gasteiger partial charge on any atom is -0.496 e. The largest absolute Gasteiger partial charge is 0.496 e. The van der Waals surface area contributed by atoms with E-state index in [2.05, 4.69) is 58.0 Å². The van der Waals surface area contributed by atoms with Crippen LogP contribution in [0.15, 0.2) is 67.4 Å². The molecule has 1 saturated heterocycles. The number of ether oxygens (including phenoxy) is 1. The van der Waals surface area contributed by atoms with E-state index < -0.39 is 0 Å². The Bertz CT molecular complexity index is 1440. The van der Waals surface area contributed by atoms with Gasteiger partial charge in [-0.2, -0.15) is 0 Å². The minimum atomic E-state index is -0.219. The number of carbonyl (C=O) groups is 1. The molecule has 1 fully saturated rings. The predicted octanol–water partition coefficient (Wildman–Crippen LogP) is 4.22. The number of piperazine rings is 1. The lowest BCUT2D eigenvalue weighted by molar-refractivity contribution is -0.111. The summed E-state index contributed by atoms with van der Waals surface area (Å²) in [5, 5.41) is 3.85. The number of anilines is 2. The van der Waals surface area contributed by atoms with Gasteiger partial charge in [-0.3, -0.25) is 4.79 Å². The fraction of sp³-hybridized carbons (Fsp3) is 0.300. The van der Waals surface area contributed by atoms with E-state index in [0.717, 1.165) is 84.1 Å². The Balaban J connectivity index is 1.34. The topological polar surface area (TPSA) is 86.4 Å². The molecule has 2 aromatic heterocycles. The number of hydrogen-bond donors (Lipinski definition) is 2. The normalized spacial score (nSPS) is 14.0. The van der Waals surface area contributed by atoms with Gasteiger partial charge in [-0.1, -0.05) is 24.8 Å². The summed E-state index contributed by atoms with van der Waals surface area (Å²) in [5.74, 6) is 1.40. The first-order valence-corrected chi connectivity index (χ1v) is 13.0. The van der Waals surface area contributed by atoms with Gasteiger partial charge in [0, 0.05) is 67.2 Å². The fourth-order valence-electron chi connectivity index (χ4n) is 4.90. The number of hydrogen-bond acceptors (Lipinski definition) is 6. The average molecular weight is 511 g/mol. The van der Waals surface area contributed by atoms with Gasteiger partial charge in [-0.15, -0.1) is 0 Å². The molecule has 4 aromatic rings. The van der Waals surface area contributed by atoms with E-state index in [4.69, 9.17) is 14.7 Å². The number of aromatic amines is 1. The molecule has 8 nitrogen and oxygen atoms in total. The van der Waals surface area contributed by atoms with Crippen molar-refractivity contribution in [3.63, 3.8) is 0 Å². The van der Waals surface area contributed by atoms with Crippen LogP contribution < -0.4 is 15.0 Å². The molecule has 0 atom stereocenters. The zero-order chi connectivity index (χ0) is 26.5. The Morgan fingerprint density at radius 2 is 1.95 bits per heavy atom. The third-order valence-corrected chi connectivity index (χ3v) is 7.06. The van der Waals surface area contributed by atoms with Crippen molar-refractivity contribution in [1.82, 2.24) is 19.9 Å².